The molecule has 14 N–H and O–H groups in total. The summed E-state index contributed by atoms with van der Waals surface area (Å²) in [5.74, 6) is -9.97. The molecule has 406 valence electrons. The Morgan fingerprint density at radius 2 is 0.500 bits per heavy atom. The second kappa shape index (κ2) is 21.4. The van der Waals surface area contributed by atoms with Crippen LogP contribution in [0.25, 0.3) is 0 Å². The SMILES string of the molecule is CC(=O)NOC(C)(C(C)(C)C(=O)O)C(C)(ONC(C)=O)C(C)(O)C(C)(O)C(C)(ONC(C)=O)C(C)(ONC(C)=O)C(C)(O)C(C)(O)C(C)(ONC(C)=O)C(C)(ONC(C)=O)C(C)(O)C(C)(SO)C(=O)O. The summed E-state index contributed by atoms with van der Waals surface area (Å²) in [6.45, 7) is 16.8. The van der Waals surface area contributed by atoms with Crippen molar-refractivity contribution in [2.24, 2.45) is 5.41 Å². The maximum Gasteiger partial charge on any atom is 0.324 e. The van der Waals surface area contributed by atoms with Gasteiger partial charge in [-0.15, -0.1) is 0 Å². The molecule has 70 heavy (non-hydrogen) atoms. The Bertz CT molecular complexity index is 2020. The second-order valence-electron chi connectivity index (χ2n) is 19.5. The van der Waals surface area contributed by atoms with Crippen LogP contribution in [0.15, 0.2) is 0 Å². The summed E-state index contributed by atoms with van der Waals surface area (Å²) in [5.41, 5.74) is -26.9. The lowest BCUT2D eigenvalue weighted by atomic mass is 9.50. The molecule has 0 aliphatic carbocycles. The van der Waals surface area contributed by atoms with Crippen LogP contribution >= 0.6 is 12.0 Å². The molecule has 28 nitrogen and oxygen atoms in total. The summed E-state index contributed by atoms with van der Waals surface area (Å²) in [6.07, 6.45) is 0. The van der Waals surface area contributed by atoms with Gasteiger partial charge in [0.05, 0.1) is 5.41 Å². The largest absolute Gasteiger partial charge is 0.481 e. The number of nitrogens with one attached hydrogen (secondary N) is 6. The summed E-state index contributed by atoms with van der Waals surface area (Å²) in [4.78, 5) is 137. The molecule has 0 aromatic rings. The van der Waals surface area contributed by atoms with Crippen LogP contribution in [0.2, 0.25) is 0 Å². The number of rotatable bonds is 27. The van der Waals surface area contributed by atoms with Crippen LogP contribution in [0, 0.1) is 5.41 Å². The maximum absolute atomic E-state index is 13.5. The normalized spacial score (nSPS) is 22.5. The van der Waals surface area contributed by atoms with E-state index < -0.39 is 131 Å². The Labute approximate surface area is 409 Å². The predicted octanol–water partition coefficient (Wildman–Crippen LogP) is -1.14. The first-order valence-corrected chi connectivity index (χ1v) is 21.8. The van der Waals surface area contributed by atoms with Crippen molar-refractivity contribution in [1.82, 2.24) is 32.9 Å². The summed E-state index contributed by atoms with van der Waals surface area (Å²) in [5, 5.41) is 87.4. The molecule has 6 amide bonds. The van der Waals surface area contributed by atoms with E-state index in [1.54, 1.807) is 0 Å². The van der Waals surface area contributed by atoms with Crippen LogP contribution in [0.1, 0.15) is 138 Å². The fourth-order valence-electron chi connectivity index (χ4n) is 8.02. The smallest absolute Gasteiger partial charge is 0.324 e. The molecule has 0 radical (unpaired) electrons. The van der Waals surface area contributed by atoms with Gasteiger partial charge in [0.2, 0.25) is 35.4 Å². The minimum atomic E-state index is -3.57. The van der Waals surface area contributed by atoms with Gasteiger partial charge in [-0.3, -0.25) is 67.4 Å². The van der Waals surface area contributed by atoms with E-state index in [2.05, 4.69) is 0 Å². The van der Waals surface area contributed by atoms with Crippen molar-refractivity contribution in [2.45, 2.75) is 205 Å². The number of hydrogen-bond donors (Lipinski definition) is 14. The molecule has 0 bridgehead atoms. The molecule has 0 fully saturated rings. The van der Waals surface area contributed by atoms with Gasteiger partial charge < -0.3 is 40.3 Å². The number of hydrogen-bond acceptors (Lipinski definition) is 21. The van der Waals surface area contributed by atoms with Crippen molar-refractivity contribution in [2.75, 3.05) is 0 Å². The number of hydroxylamine groups is 6. The van der Waals surface area contributed by atoms with E-state index >= 15 is 0 Å². The van der Waals surface area contributed by atoms with Crippen molar-refractivity contribution in [1.29, 1.82) is 0 Å². The molecule has 0 saturated heterocycles. The molecule has 0 spiro atoms. The Kier molecular flexibility index (Phi) is 20.0. The van der Waals surface area contributed by atoms with Crippen molar-refractivity contribution in [3.8, 4) is 0 Å². The first-order valence-electron chi connectivity index (χ1n) is 21.0. The minimum Gasteiger partial charge on any atom is -0.481 e. The number of carbonyl (C=O) groups is 8. The van der Waals surface area contributed by atoms with E-state index in [9.17, 15) is 78.7 Å². The van der Waals surface area contributed by atoms with Crippen LogP contribution in [-0.4, -0.2) is 154 Å². The van der Waals surface area contributed by atoms with E-state index in [0.717, 1.165) is 125 Å². The average molecular weight is 1040 g/mol. The lowest BCUT2D eigenvalue weighted by Crippen LogP contribution is -2.90. The lowest BCUT2D eigenvalue weighted by molar-refractivity contribution is -0.423. The van der Waals surface area contributed by atoms with Crippen LogP contribution in [0.4, 0.5) is 0 Å². The summed E-state index contributed by atoms with van der Waals surface area (Å²) in [7, 11) is 0. The standard InChI is InChI=1S/C41H74N6O22S/c1-21(48)42-64-36(15,29(7,8)27(54)55)38(17,66-44-23(3)50)32(11,59)33(12,60)40(19,68-46-25(5)52)41(20,69-47-26(6)53)35(14,62)34(13,61)39(18,67-45-24(4)51)37(16,65-43-22(2)49)31(10,58)30(9,70-63)28(56)57/h58-63H,1-20H3,(H,42,48)(H,43,49)(H,44,50)(H,45,51)(H,46,52)(H,47,53)(H,54,55)(H,56,57). The Morgan fingerprint density at radius 1 is 0.329 bits per heavy atom. The van der Waals surface area contributed by atoms with Crippen LogP contribution < -0.4 is 32.9 Å². The van der Waals surface area contributed by atoms with Crippen LogP contribution in [-0.2, 0) is 67.4 Å². The number of carboxylic acid groups (broad SMARTS) is 2. The van der Waals surface area contributed by atoms with Gasteiger partial charge >= 0.3 is 11.9 Å². The highest BCUT2D eigenvalue weighted by Crippen LogP contribution is 2.61. The highest BCUT2D eigenvalue weighted by molar-refractivity contribution is 7.96. The van der Waals surface area contributed by atoms with Crippen LogP contribution in [0.5, 0.6) is 0 Å². The second-order valence-corrected chi connectivity index (χ2v) is 20.5. The molecule has 0 rings (SSSR count). The lowest BCUT2D eigenvalue weighted by Gasteiger charge is -2.67. The molecule has 0 saturated carbocycles. The van der Waals surface area contributed by atoms with Crippen molar-refractivity contribution >= 4 is 59.4 Å². The summed E-state index contributed by atoms with van der Waals surface area (Å²) >= 11 is -0.469. The molecule has 0 aliphatic heterocycles. The zero-order chi connectivity index (χ0) is 56.3. The fraction of sp³-hybridized carbons (Fsp3) is 0.805. The Balaban J connectivity index is 9.84. The third-order valence-electron chi connectivity index (χ3n) is 14.9. The number of carbonyl (C=O) groups excluding carboxylic acids is 6. The third kappa shape index (κ3) is 10.4. The van der Waals surface area contributed by atoms with Gasteiger partial charge in [0.25, 0.3) is 0 Å². The first-order chi connectivity index (χ1) is 30.9. The Morgan fingerprint density at radius 3 is 0.657 bits per heavy atom. The zero-order valence-corrected chi connectivity index (χ0v) is 44.0. The number of aliphatic hydroxyl groups is 5. The van der Waals surface area contributed by atoms with Gasteiger partial charge in [-0.2, -0.15) is 0 Å². The van der Waals surface area contributed by atoms with Gasteiger partial charge in [-0.05, 0) is 96.9 Å². The minimum absolute atomic E-state index is 0.469. The summed E-state index contributed by atoms with van der Waals surface area (Å²) < 4.78 is 7.60. The molecular weight excluding hydrogens is 961 g/mol. The van der Waals surface area contributed by atoms with Gasteiger partial charge in [-0.1, -0.05) is 0 Å². The quantitative estimate of drug-likeness (QED) is 0.0341. The van der Waals surface area contributed by atoms with Gasteiger partial charge in [-0.25, -0.2) is 32.9 Å². The Hall–Kier alpha value is -4.37. The molecule has 12 unspecified atom stereocenters. The molecule has 12 atom stereocenters. The van der Waals surface area contributed by atoms with E-state index in [4.69, 9.17) is 29.0 Å². The molecule has 0 aliphatic rings. The van der Waals surface area contributed by atoms with Crippen molar-refractivity contribution < 1.29 is 108 Å². The number of amides is 6. The third-order valence-corrected chi connectivity index (χ3v) is 15.8. The average Bonchev–Trinajstić information content (AvgIpc) is 3.22. The molecule has 0 aromatic heterocycles. The van der Waals surface area contributed by atoms with Crippen LogP contribution in [0.3, 0.4) is 0 Å². The van der Waals surface area contributed by atoms with E-state index in [0.29, 0.717) is 13.8 Å². The zero-order valence-electron chi connectivity index (χ0n) is 43.2. The number of carboxylic acids is 2. The van der Waals surface area contributed by atoms with E-state index in [-0.39, 0.29) is 0 Å². The molecular formula is C41H74N6O22S. The van der Waals surface area contributed by atoms with E-state index in [1.165, 1.54) is 0 Å². The van der Waals surface area contributed by atoms with Crippen molar-refractivity contribution in [3.63, 3.8) is 0 Å². The highest BCUT2D eigenvalue weighted by atomic mass is 32.2. The van der Waals surface area contributed by atoms with Gasteiger partial charge in [0, 0.05) is 53.6 Å². The van der Waals surface area contributed by atoms with E-state index in [1.807, 2.05) is 32.9 Å². The molecule has 0 heterocycles. The van der Waals surface area contributed by atoms with Crippen molar-refractivity contribution in [3.05, 3.63) is 0 Å². The fourth-order valence-corrected chi connectivity index (χ4v) is 8.47. The first kappa shape index (κ1) is 65.6. The molecule has 0 aromatic carbocycles. The van der Waals surface area contributed by atoms with Gasteiger partial charge in [0.15, 0.2) is 32.8 Å². The summed E-state index contributed by atoms with van der Waals surface area (Å²) in [6, 6.07) is 0. The predicted molar refractivity (Wildman–Crippen MR) is 241 cm³/mol. The monoisotopic (exact) mass is 1030 g/mol. The maximum atomic E-state index is 13.5. The van der Waals surface area contributed by atoms with Gasteiger partial charge in [0.1, 0.15) is 33.6 Å². The topological polar surface area (TPSA) is 426 Å². The molecule has 29 heteroatoms. The highest BCUT2D eigenvalue weighted by Gasteiger charge is 2.84. The number of aliphatic carboxylic acids is 2.